The summed E-state index contributed by atoms with van der Waals surface area (Å²) in [5.41, 5.74) is 2.13. The lowest BCUT2D eigenvalue weighted by atomic mass is 10.2. The highest BCUT2D eigenvalue weighted by atomic mass is 16.3. The van der Waals surface area contributed by atoms with Crippen molar-refractivity contribution in [1.82, 2.24) is 20.4 Å². The highest BCUT2D eigenvalue weighted by Gasteiger charge is 2.03. The number of nitrogens with zero attached hydrogens (tertiary/aromatic N) is 2. The van der Waals surface area contributed by atoms with E-state index in [4.69, 9.17) is 5.11 Å². The van der Waals surface area contributed by atoms with Crippen LogP contribution in [0.25, 0.3) is 0 Å². The molecule has 0 saturated heterocycles. The number of aromatic nitrogens is 2. The van der Waals surface area contributed by atoms with E-state index in [1.54, 1.807) is 13.1 Å². The monoisotopic (exact) mass is 302 g/mol. The van der Waals surface area contributed by atoms with Crippen molar-refractivity contribution in [2.45, 2.75) is 32.5 Å². The number of carbonyl (C=O) groups is 1. The number of nitrogens with one attached hydrogen (secondary N) is 2. The zero-order chi connectivity index (χ0) is 15.8. The van der Waals surface area contributed by atoms with E-state index in [2.05, 4.69) is 27.9 Å². The maximum absolute atomic E-state index is 11.6. The van der Waals surface area contributed by atoms with Crippen molar-refractivity contribution in [3.63, 3.8) is 0 Å². The lowest BCUT2D eigenvalue weighted by molar-refractivity contribution is 0.183. The highest BCUT2D eigenvalue weighted by molar-refractivity contribution is 5.73. The number of rotatable bonds is 7. The Labute approximate surface area is 130 Å². The molecule has 0 aliphatic heterocycles. The Morgan fingerprint density at radius 1 is 1.27 bits per heavy atom. The molecule has 2 rings (SSSR count). The van der Waals surface area contributed by atoms with Gasteiger partial charge < -0.3 is 15.7 Å². The lowest BCUT2D eigenvalue weighted by Crippen LogP contribution is -2.36. The summed E-state index contributed by atoms with van der Waals surface area (Å²) in [6.45, 7) is 3.29. The Morgan fingerprint density at radius 2 is 2.05 bits per heavy atom. The van der Waals surface area contributed by atoms with E-state index in [0.717, 1.165) is 5.56 Å². The van der Waals surface area contributed by atoms with Crippen LogP contribution in [0.15, 0.2) is 42.7 Å². The fourth-order valence-electron chi connectivity index (χ4n) is 1.99. The van der Waals surface area contributed by atoms with E-state index in [-0.39, 0.29) is 6.03 Å². The summed E-state index contributed by atoms with van der Waals surface area (Å²) < 4.78 is 1.84. The van der Waals surface area contributed by atoms with Gasteiger partial charge in [-0.2, -0.15) is 5.10 Å². The quantitative estimate of drug-likeness (QED) is 0.725. The van der Waals surface area contributed by atoms with Crippen molar-refractivity contribution < 1.29 is 9.90 Å². The van der Waals surface area contributed by atoms with Gasteiger partial charge in [-0.3, -0.25) is 4.68 Å². The molecule has 2 aromatic rings. The number of amides is 2. The van der Waals surface area contributed by atoms with Crippen LogP contribution in [0, 0.1) is 0 Å². The topological polar surface area (TPSA) is 79.2 Å². The van der Waals surface area contributed by atoms with Crippen LogP contribution < -0.4 is 10.6 Å². The molecule has 6 nitrogen and oxygen atoms in total. The van der Waals surface area contributed by atoms with Crippen LogP contribution in [0.3, 0.4) is 0 Å². The molecule has 3 N–H and O–H groups in total. The molecule has 22 heavy (non-hydrogen) atoms. The van der Waals surface area contributed by atoms with Gasteiger partial charge in [-0.05, 0) is 18.9 Å². The Kier molecular flexibility index (Phi) is 5.97. The smallest absolute Gasteiger partial charge is 0.315 e. The second-order valence-corrected chi connectivity index (χ2v) is 5.28. The Balaban J connectivity index is 1.74. The number of hydrogen-bond donors (Lipinski definition) is 3. The van der Waals surface area contributed by atoms with Crippen LogP contribution >= 0.6 is 0 Å². The van der Waals surface area contributed by atoms with E-state index in [9.17, 15) is 4.79 Å². The van der Waals surface area contributed by atoms with Crippen molar-refractivity contribution in [2.75, 3.05) is 6.54 Å². The number of aliphatic hydroxyl groups is 1. The molecule has 118 valence electrons. The number of carbonyl (C=O) groups excluding carboxylic acids is 1. The van der Waals surface area contributed by atoms with E-state index >= 15 is 0 Å². The fraction of sp³-hybridized carbons (Fsp3) is 0.375. The first-order valence-corrected chi connectivity index (χ1v) is 7.38. The molecule has 0 aliphatic carbocycles. The van der Waals surface area contributed by atoms with Crippen LogP contribution in [-0.2, 0) is 13.1 Å². The molecule has 1 unspecified atom stereocenters. The third-order valence-corrected chi connectivity index (χ3v) is 3.17. The van der Waals surface area contributed by atoms with Crippen LogP contribution in [0.2, 0.25) is 0 Å². The second kappa shape index (κ2) is 8.19. The average Bonchev–Trinajstić information content (AvgIpc) is 2.93. The fourth-order valence-corrected chi connectivity index (χ4v) is 1.99. The van der Waals surface area contributed by atoms with Crippen LogP contribution in [0.5, 0.6) is 0 Å². The van der Waals surface area contributed by atoms with Gasteiger partial charge in [0.05, 0.1) is 18.8 Å². The third-order valence-electron chi connectivity index (χ3n) is 3.17. The standard InChI is InChI=1S/C16H22N4O2/c1-13(21)7-8-17-16(22)18-9-15-10-19-20(12-15)11-14-5-3-2-4-6-14/h2-6,10,12-13,21H,7-9,11H2,1H3,(H2,17,18,22). The lowest BCUT2D eigenvalue weighted by Gasteiger charge is -2.07. The first-order chi connectivity index (χ1) is 10.6. The summed E-state index contributed by atoms with van der Waals surface area (Å²) in [5.74, 6) is 0. The normalized spacial score (nSPS) is 11.9. The van der Waals surface area contributed by atoms with Gasteiger partial charge in [0.15, 0.2) is 0 Å². The molecule has 0 fully saturated rings. The second-order valence-electron chi connectivity index (χ2n) is 5.28. The maximum atomic E-state index is 11.6. The molecular formula is C16H22N4O2. The van der Waals surface area contributed by atoms with Gasteiger partial charge in [0.25, 0.3) is 0 Å². The number of aliphatic hydroxyl groups excluding tert-OH is 1. The Bertz CT molecular complexity index is 581. The summed E-state index contributed by atoms with van der Waals surface area (Å²) in [5, 5.41) is 18.9. The first-order valence-electron chi connectivity index (χ1n) is 7.38. The van der Waals surface area contributed by atoms with Crippen LogP contribution in [0.4, 0.5) is 4.79 Å². The average molecular weight is 302 g/mol. The van der Waals surface area contributed by atoms with Crippen molar-refractivity contribution in [3.8, 4) is 0 Å². The predicted molar refractivity (Wildman–Crippen MR) is 84.3 cm³/mol. The highest BCUT2D eigenvalue weighted by Crippen LogP contribution is 2.03. The SMILES string of the molecule is CC(O)CCNC(=O)NCc1cnn(Cc2ccccc2)c1. The van der Waals surface area contributed by atoms with Crippen molar-refractivity contribution in [2.24, 2.45) is 0 Å². The molecule has 2 amide bonds. The van der Waals surface area contributed by atoms with Crippen LogP contribution in [-0.4, -0.2) is 33.6 Å². The number of urea groups is 1. The van der Waals surface area contributed by atoms with Gasteiger partial charge in [-0.15, -0.1) is 0 Å². The summed E-state index contributed by atoms with van der Waals surface area (Å²) in [6, 6.07) is 9.84. The zero-order valence-corrected chi connectivity index (χ0v) is 12.7. The van der Waals surface area contributed by atoms with Gasteiger partial charge in [0, 0.05) is 24.8 Å². The molecule has 0 bridgehead atoms. The van der Waals surface area contributed by atoms with E-state index in [1.807, 2.05) is 29.1 Å². The van der Waals surface area contributed by atoms with Crippen LogP contribution in [0.1, 0.15) is 24.5 Å². The third kappa shape index (κ3) is 5.57. The zero-order valence-electron chi connectivity index (χ0n) is 12.7. The summed E-state index contributed by atoms with van der Waals surface area (Å²) in [4.78, 5) is 11.6. The molecule has 1 aromatic heterocycles. The maximum Gasteiger partial charge on any atom is 0.315 e. The molecule has 1 heterocycles. The molecule has 6 heteroatoms. The Morgan fingerprint density at radius 3 is 2.77 bits per heavy atom. The largest absolute Gasteiger partial charge is 0.393 e. The minimum absolute atomic E-state index is 0.239. The minimum atomic E-state index is -0.406. The van der Waals surface area contributed by atoms with Crippen molar-refractivity contribution >= 4 is 6.03 Å². The van der Waals surface area contributed by atoms with Crippen molar-refractivity contribution in [1.29, 1.82) is 0 Å². The molecule has 0 aliphatic rings. The Hall–Kier alpha value is -2.34. The molecule has 1 atom stereocenters. The van der Waals surface area contributed by atoms with Gasteiger partial charge in [-0.1, -0.05) is 30.3 Å². The minimum Gasteiger partial charge on any atom is -0.393 e. The van der Waals surface area contributed by atoms with E-state index < -0.39 is 6.10 Å². The van der Waals surface area contributed by atoms with Gasteiger partial charge >= 0.3 is 6.03 Å². The molecule has 0 spiro atoms. The number of benzene rings is 1. The molecular weight excluding hydrogens is 280 g/mol. The van der Waals surface area contributed by atoms with Gasteiger partial charge in [0.1, 0.15) is 0 Å². The van der Waals surface area contributed by atoms with E-state index in [0.29, 0.717) is 26.1 Å². The molecule has 0 radical (unpaired) electrons. The molecule has 1 aromatic carbocycles. The van der Waals surface area contributed by atoms with Gasteiger partial charge in [0.2, 0.25) is 0 Å². The number of hydrogen-bond acceptors (Lipinski definition) is 3. The van der Waals surface area contributed by atoms with Crippen molar-refractivity contribution in [3.05, 3.63) is 53.9 Å². The van der Waals surface area contributed by atoms with E-state index in [1.165, 1.54) is 5.56 Å². The van der Waals surface area contributed by atoms with Gasteiger partial charge in [-0.25, -0.2) is 4.79 Å². The molecule has 0 saturated carbocycles. The summed E-state index contributed by atoms with van der Waals surface area (Å²) in [7, 11) is 0. The summed E-state index contributed by atoms with van der Waals surface area (Å²) >= 11 is 0. The predicted octanol–water partition coefficient (Wildman–Crippen LogP) is 1.50. The summed E-state index contributed by atoms with van der Waals surface area (Å²) in [6.07, 6.45) is 3.81. The first kappa shape index (κ1) is 16.0.